The molecule has 5 heteroatoms. The summed E-state index contributed by atoms with van der Waals surface area (Å²) in [5, 5.41) is 9.72. The van der Waals surface area contributed by atoms with Crippen molar-refractivity contribution in [3.05, 3.63) is 59.7 Å². The van der Waals surface area contributed by atoms with Crippen molar-refractivity contribution < 1.29 is 19.4 Å². The number of benzene rings is 2. The van der Waals surface area contributed by atoms with Crippen molar-refractivity contribution >= 4 is 11.6 Å². The number of amides is 1. The summed E-state index contributed by atoms with van der Waals surface area (Å²) in [6, 6.07) is 16.7. The highest BCUT2D eigenvalue weighted by Crippen LogP contribution is 2.47. The molecule has 33 heavy (non-hydrogen) atoms. The largest absolute Gasteiger partial charge is 0.497 e. The van der Waals surface area contributed by atoms with Gasteiger partial charge in [0.2, 0.25) is 5.91 Å². The molecular formula is C28H37NO4. The molecule has 0 unspecified atom stereocenters. The molecule has 2 fully saturated rings. The first-order chi connectivity index (χ1) is 15.8. The number of β-lactam (4-membered cyclic amide) rings is 1. The molecule has 1 amide bonds. The Labute approximate surface area is 197 Å². The van der Waals surface area contributed by atoms with E-state index in [1.165, 1.54) is 11.1 Å². The lowest BCUT2D eigenvalue weighted by Crippen LogP contribution is -2.43. The fourth-order valence-electron chi connectivity index (χ4n) is 5.78. The fourth-order valence-corrected chi connectivity index (χ4v) is 5.78. The van der Waals surface area contributed by atoms with Gasteiger partial charge >= 0.3 is 0 Å². The van der Waals surface area contributed by atoms with Gasteiger partial charge in [-0.05, 0) is 71.9 Å². The van der Waals surface area contributed by atoms with E-state index in [0.717, 1.165) is 30.8 Å². The second-order valence-electron chi connectivity index (χ2n) is 10.1. The number of carbonyl (C=O) groups excluding carboxylic acids is 1. The van der Waals surface area contributed by atoms with Crippen LogP contribution in [0.2, 0.25) is 0 Å². The Bertz CT molecular complexity index is 937. The van der Waals surface area contributed by atoms with Gasteiger partial charge in [-0.15, -0.1) is 0 Å². The number of anilines is 1. The molecule has 4 atom stereocenters. The lowest BCUT2D eigenvalue weighted by molar-refractivity contribution is -0.122. The molecule has 2 aliphatic heterocycles. The van der Waals surface area contributed by atoms with E-state index in [2.05, 4.69) is 57.2 Å². The van der Waals surface area contributed by atoms with Crippen LogP contribution in [0.3, 0.4) is 0 Å². The summed E-state index contributed by atoms with van der Waals surface area (Å²) in [4.78, 5) is 13.5. The smallest absolute Gasteiger partial charge is 0.228 e. The zero-order chi connectivity index (χ0) is 23.6. The van der Waals surface area contributed by atoms with E-state index >= 15 is 0 Å². The third-order valence-corrected chi connectivity index (χ3v) is 7.80. The quantitative estimate of drug-likeness (QED) is 0.559. The molecule has 2 aromatic rings. The van der Waals surface area contributed by atoms with Gasteiger partial charge in [-0.25, -0.2) is 0 Å². The number of hydrogen-bond acceptors (Lipinski definition) is 4. The first-order valence-corrected chi connectivity index (χ1v) is 12.1. The zero-order valence-electron chi connectivity index (χ0n) is 20.3. The normalized spacial score (nSPS) is 25.2. The monoisotopic (exact) mass is 451 g/mol. The highest BCUT2D eigenvalue weighted by Gasteiger charge is 2.49. The standard InChI is InChI=1S/C28H37NO4/c1-19-24(14-7-20-5-10-22(11-6-20)29-17-15-26(29)31)33-25(16-18-30)27(19)28(2,3)21-8-12-23(32-4)13-9-21/h5-6,8-13,19,24-25,27,30H,7,14-18H2,1-4H3/t19-,24+,25-,27+/m1/s1. The summed E-state index contributed by atoms with van der Waals surface area (Å²) in [5.74, 6) is 1.75. The van der Waals surface area contributed by atoms with Gasteiger partial charge in [0.15, 0.2) is 0 Å². The Hall–Kier alpha value is -2.37. The summed E-state index contributed by atoms with van der Waals surface area (Å²) in [6.45, 7) is 7.85. The molecule has 0 bridgehead atoms. The Morgan fingerprint density at radius 1 is 1.06 bits per heavy atom. The second kappa shape index (κ2) is 9.86. The van der Waals surface area contributed by atoms with Crippen molar-refractivity contribution in [1.82, 2.24) is 0 Å². The minimum absolute atomic E-state index is 0.0342. The van der Waals surface area contributed by atoms with Crippen LogP contribution in [-0.2, 0) is 21.4 Å². The highest BCUT2D eigenvalue weighted by molar-refractivity contribution is 5.99. The van der Waals surface area contributed by atoms with Gasteiger partial charge in [0.05, 0.1) is 19.3 Å². The number of ether oxygens (including phenoxy) is 2. The van der Waals surface area contributed by atoms with Crippen LogP contribution in [0.4, 0.5) is 5.69 Å². The van der Waals surface area contributed by atoms with Crippen LogP contribution in [0.25, 0.3) is 0 Å². The minimum atomic E-state index is -0.0916. The van der Waals surface area contributed by atoms with E-state index in [-0.39, 0.29) is 30.1 Å². The van der Waals surface area contributed by atoms with Gasteiger partial charge < -0.3 is 19.5 Å². The fraction of sp³-hybridized carbons (Fsp3) is 0.536. The summed E-state index contributed by atoms with van der Waals surface area (Å²) in [7, 11) is 1.69. The van der Waals surface area contributed by atoms with E-state index in [1.807, 2.05) is 17.0 Å². The predicted molar refractivity (Wildman–Crippen MR) is 131 cm³/mol. The Morgan fingerprint density at radius 3 is 2.30 bits per heavy atom. The van der Waals surface area contributed by atoms with Crippen LogP contribution in [0.5, 0.6) is 5.75 Å². The molecule has 4 rings (SSSR count). The molecule has 178 valence electrons. The topological polar surface area (TPSA) is 59.0 Å². The van der Waals surface area contributed by atoms with Crippen molar-refractivity contribution in [2.24, 2.45) is 11.8 Å². The van der Waals surface area contributed by atoms with Gasteiger partial charge in [-0.1, -0.05) is 45.0 Å². The van der Waals surface area contributed by atoms with Crippen LogP contribution >= 0.6 is 0 Å². The van der Waals surface area contributed by atoms with E-state index in [9.17, 15) is 9.90 Å². The Balaban J connectivity index is 1.44. The van der Waals surface area contributed by atoms with Gasteiger partial charge in [-0.3, -0.25) is 4.79 Å². The molecule has 2 aliphatic rings. The number of carbonyl (C=O) groups is 1. The number of aliphatic hydroxyl groups excluding tert-OH is 1. The molecular weight excluding hydrogens is 414 g/mol. The van der Waals surface area contributed by atoms with E-state index in [1.54, 1.807) is 7.11 Å². The summed E-state index contributed by atoms with van der Waals surface area (Å²) in [6.07, 6.45) is 3.38. The maximum absolute atomic E-state index is 11.7. The van der Waals surface area contributed by atoms with Crippen LogP contribution < -0.4 is 9.64 Å². The van der Waals surface area contributed by atoms with E-state index in [0.29, 0.717) is 24.7 Å². The molecule has 0 aliphatic carbocycles. The Morgan fingerprint density at radius 2 is 1.76 bits per heavy atom. The lowest BCUT2D eigenvalue weighted by Gasteiger charge is -2.38. The van der Waals surface area contributed by atoms with Crippen molar-refractivity contribution in [1.29, 1.82) is 0 Å². The number of rotatable bonds is 9. The van der Waals surface area contributed by atoms with Crippen LogP contribution in [0.1, 0.15) is 51.2 Å². The first kappa shape index (κ1) is 23.8. The molecule has 0 spiro atoms. The number of methoxy groups -OCH3 is 1. The number of hydrogen-bond donors (Lipinski definition) is 1. The molecule has 0 aromatic heterocycles. The van der Waals surface area contributed by atoms with Gasteiger partial charge in [0.1, 0.15) is 5.75 Å². The molecule has 2 aromatic carbocycles. The summed E-state index contributed by atoms with van der Waals surface area (Å²) < 4.78 is 11.9. The van der Waals surface area contributed by atoms with Crippen molar-refractivity contribution in [2.45, 2.75) is 64.1 Å². The highest BCUT2D eigenvalue weighted by atomic mass is 16.5. The zero-order valence-corrected chi connectivity index (χ0v) is 20.3. The van der Waals surface area contributed by atoms with Gasteiger partial charge in [-0.2, -0.15) is 0 Å². The number of aryl methyl sites for hydroxylation is 1. The molecule has 0 saturated carbocycles. The maximum atomic E-state index is 11.7. The van der Waals surface area contributed by atoms with Crippen LogP contribution in [0, 0.1) is 11.8 Å². The number of aliphatic hydroxyl groups is 1. The van der Waals surface area contributed by atoms with Crippen LogP contribution in [-0.4, -0.2) is 43.5 Å². The summed E-state index contributed by atoms with van der Waals surface area (Å²) in [5.41, 5.74) is 3.43. The minimum Gasteiger partial charge on any atom is -0.497 e. The van der Waals surface area contributed by atoms with Gasteiger partial charge in [0.25, 0.3) is 0 Å². The summed E-state index contributed by atoms with van der Waals surface area (Å²) >= 11 is 0. The SMILES string of the molecule is COc1ccc(C(C)(C)[C@H]2[C@H](C)[C@H](CCc3ccc(N4CCC4=O)cc3)O[C@@H]2CCO)cc1. The molecule has 5 nitrogen and oxygen atoms in total. The molecule has 0 radical (unpaired) electrons. The number of nitrogens with zero attached hydrogens (tertiary/aromatic N) is 1. The molecule has 1 N–H and O–H groups in total. The third kappa shape index (κ3) is 4.80. The average Bonchev–Trinajstić information content (AvgIpc) is 3.13. The van der Waals surface area contributed by atoms with E-state index < -0.39 is 0 Å². The van der Waals surface area contributed by atoms with E-state index in [4.69, 9.17) is 9.47 Å². The predicted octanol–water partition coefficient (Wildman–Crippen LogP) is 4.74. The average molecular weight is 452 g/mol. The van der Waals surface area contributed by atoms with Crippen molar-refractivity contribution in [3.8, 4) is 5.75 Å². The Kier molecular flexibility index (Phi) is 7.10. The van der Waals surface area contributed by atoms with Crippen molar-refractivity contribution in [3.63, 3.8) is 0 Å². The maximum Gasteiger partial charge on any atom is 0.228 e. The van der Waals surface area contributed by atoms with Crippen molar-refractivity contribution in [2.75, 3.05) is 25.2 Å². The first-order valence-electron chi connectivity index (χ1n) is 12.1. The third-order valence-electron chi connectivity index (χ3n) is 7.80. The van der Waals surface area contributed by atoms with Gasteiger partial charge in [0, 0.05) is 25.3 Å². The molecule has 2 heterocycles. The second-order valence-corrected chi connectivity index (χ2v) is 10.1. The van der Waals surface area contributed by atoms with Crippen LogP contribution in [0.15, 0.2) is 48.5 Å². The molecule has 2 saturated heterocycles. The lowest BCUT2D eigenvalue weighted by atomic mass is 9.65.